The van der Waals surface area contributed by atoms with Crippen LogP contribution in [0.3, 0.4) is 0 Å². The van der Waals surface area contributed by atoms with Crippen LogP contribution < -0.4 is 11.1 Å². The molecule has 1 aliphatic carbocycles. The quantitative estimate of drug-likeness (QED) is 0.332. The highest BCUT2D eigenvalue weighted by Gasteiger charge is 2.34. The summed E-state index contributed by atoms with van der Waals surface area (Å²) in [6, 6.07) is 6.07. The van der Waals surface area contributed by atoms with Crippen LogP contribution in [0.5, 0.6) is 0 Å². The van der Waals surface area contributed by atoms with E-state index >= 15 is 0 Å². The minimum atomic E-state index is 0.0737. The number of rotatable bonds is 5. The molecule has 0 bridgehead atoms. The molecule has 2 rings (SSSR count). The topological polar surface area (TPSA) is 70.6 Å². The fourth-order valence-corrected chi connectivity index (χ4v) is 2.34. The van der Waals surface area contributed by atoms with E-state index < -0.39 is 0 Å². The van der Waals surface area contributed by atoms with Crippen LogP contribution in [0.2, 0.25) is 5.02 Å². The first-order chi connectivity index (χ1) is 8.65. The van der Waals surface area contributed by atoms with Gasteiger partial charge in [0.05, 0.1) is 0 Å². The number of nitrogens with one attached hydrogen (secondary N) is 1. The molecular weight excluding hydrogens is 250 g/mol. The van der Waals surface area contributed by atoms with Crippen LogP contribution in [0.15, 0.2) is 23.4 Å². The van der Waals surface area contributed by atoms with Crippen molar-refractivity contribution in [2.24, 2.45) is 16.8 Å². The molecule has 1 aromatic rings. The molecule has 0 saturated heterocycles. The van der Waals surface area contributed by atoms with Crippen LogP contribution in [0, 0.1) is 5.92 Å². The second-order valence-corrected chi connectivity index (χ2v) is 5.09. The number of benzene rings is 1. The molecular formula is C13H18ClN3O. The van der Waals surface area contributed by atoms with Gasteiger partial charge in [0, 0.05) is 23.2 Å². The Morgan fingerprint density at radius 2 is 2.39 bits per heavy atom. The van der Waals surface area contributed by atoms with E-state index in [9.17, 15) is 0 Å². The molecule has 4 N–H and O–H groups in total. The highest BCUT2D eigenvalue weighted by Crippen LogP contribution is 2.33. The minimum Gasteiger partial charge on any atom is -0.409 e. The highest BCUT2D eigenvalue weighted by molar-refractivity contribution is 6.31. The summed E-state index contributed by atoms with van der Waals surface area (Å²) in [5, 5.41) is 15.7. The standard InChI is InChI=1S/C13H18ClN3O/c1-2-8-6-12(8)16-7-10-4-3-9(5-11(10)14)13(15)17-18/h3-5,8,12,16,18H,2,6-7H2,1H3,(H2,15,17). The zero-order valence-corrected chi connectivity index (χ0v) is 11.1. The van der Waals surface area contributed by atoms with Crippen molar-refractivity contribution >= 4 is 17.4 Å². The second kappa shape index (κ2) is 5.59. The first-order valence-corrected chi connectivity index (χ1v) is 6.53. The molecule has 2 unspecified atom stereocenters. The van der Waals surface area contributed by atoms with Crippen LogP contribution in [-0.2, 0) is 6.54 Å². The van der Waals surface area contributed by atoms with Crippen molar-refractivity contribution in [3.05, 3.63) is 34.3 Å². The summed E-state index contributed by atoms with van der Waals surface area (Å²) in [4.78, 5) is 0. The largest absolute Gasteiger partial charge is 0.409 e. The van der Waals surface area contributed by atoms with E-state index in [1.165, 1.54) is 12.8 Å². The van der Waals surface area contributed by atoms with Crippen molar-refractivity contribution in [3.8, 4) is 0 Å². The van der Waals surface area contributed by atoms with Gasteiger partial charge >= 0.3 is 0 Å². The summed E-state index contributed by atoms with van der Waals surface area (Å²) in [5.74, 6) is 0.893. The van der Waals surface area contributed by atoms with E-state index in [2.05, 4.69) is 17.4 Å². The summed E-state index contributed by atoms with van der Waals surface area (Å²) in [5.41, 5.74) is 7.17. The Morgan fingerprint density at radius 1 is 1.61 bits per heavy atom. The van der Waals surface area contributed by atoms with Gasteiger partial charge in [0.1, 0.15) is 0 Å². The van der Waals surface area contributed by atoms with Crippen molar-refractivity contribution < 1.29 is 5.21 Å². The lowest BCUT2D eigenvalue weighted by Gasteiger charge is -2.08. The number of hydrogen-bond acceptors (Lipinski definition) is 3. The predicted octanol–water partition coefficient (Wildman–Crippen LogP) is 2.32. The molecule has 1 aliphatic rings. The molecule has 4 nitrogen and oxygen atoms in total. The van der Waals surface area contributed by atoms with Crippen molar-refractivity contribution in [1.29, 1.82) is 0 Å². The Hall–Kier alpha value is -1.26. The lowest BCUT2D eigenvalue weighted by atomic mass is 10.1. The maximum Gasteiger partial charge on any atom is 0.170 e. The summed E-state index contributed by atoms with van der Waals surface area (Å²) in [6.07, 6.45) is 2.49. The average Bonchev–Trinajstić information content (AvgIpc) is 3.15. The summed E-state index contributed by atoms with van der Waals surface area (Å²) in [7, 11) is 0. The maximum absolute atomic E-state index is 8.60. The van der Waals surface area contributed by atoms with Crippen LogP contribution >= 0.6 is 11.6 Å². The van der Waals surface area contributed by atoms with Crippen LogP contribution in [0.1, 0.15) is 30.9 Å². The van der Waals surface area contributed by atoms with Gasteiger partial charge in [0.15, 0.2) is 5.84 Å². The Balaban J connectivity index is 1.97. The van der Waals surface area contributed by atoms with Gasteiger partial charge in [-0.3, -0.25) is 0 Å². The molecule has 98 valence electrons. The number of nitrogens with zero attached hydrogens (tertiary/aromatic N) is 1. The van der Waals surface area contributed by atoms with E-state index in [-0.39, 0.29) is 5.84 Å². The molecule has 0 radical (unpaired) electrons. The second-order valence-electron chi connectivity index (χ2n) is 4.68. The fraction of sp³-hybridized carbons (Fsp3) is 0.462. The Labute approximate surface area is 112 Å². The van der Waals surface area contributed by atoms with Crippen LogP contribution in [0.4, 0.5) is 0 Å². The monoisotopic (exact) mass is 267 g/mol. The van der Waals surface area contributed by atoms with Gasteiger partial charge in [-0.1, -0.05) is 42.2 Å². The third kappa shape index (κ3) is 2.94. The molecule has 0 aromatic heterocycles. The molecule has 0 heterocycles. The summed E-state index contributed by atoms with van der Waals surface area (Å²) >= 11 is 6.17. The molecule has 0 aliphatic heterocycles. The van der Waals surface area contributed by atoms with Crippen LogP contribution in [-0.4, -0.2) is 17.1 Å². The SMILES string of the molecule is CCC1CC1NCc1ccc(/C(N)=N/O)cc1Cl. The molecule has 1 saturated carbocycles. The zero-order chi connectivity index (χ0) is 13.1. The Morgan fingerprint density at radius 3 is 2.94 bits per heavy atom. The van der Waals surface area contributed by atoms with Crippen molar-refractivity contribution in [1.82, 2.24) is 5.32 Å². The fourth-order valence-electron chi connectivity index (χ4n) is 2.10. The van der Waals surface area contributed by atoms with Gasteiger partial charge in [-0.05, 0) is 24.0 Å². The van der Waals surface area contributed by atoms with Gasteiger partial charge in [-0.2, -0.15) is 0 Å². The van der Waals surface area contributed by atoms with Crippen LogP contribution in [0.25, 0.3) is 0 Å². The number of nitrogens with two attached hydrogens (primary N) is 1. The lowest BCUT2D eigenvalue weighted by Crippen LogP contribution is -2.18. The van der Waals surface area contributed by atoms with Gasteiger partial charge in [0.2, 0.25) is 0 Å². The van der Waals surface area contributed by atoms with Gasteiger partial charge in [0.25, 0.3) is 0 Å². The predicted molar refractivity (Wildman–Crippen MR) is 73.0 cm³/mol. The third-order valence-electron chi connectivity index (χ3n) is 3.46. The van der Waals surface area contributed by atoms with E-state index in [0.717, 1.165) is 18.0 Å². The van der Waals surface area contributed by atoms with E-state index in [0.29, 0.717) is 16.6 Å². The Kier molecular flexibility index (Phi) is 4.09. The smallest absolute Gasteiger partial charge is 0.170 e. The number of hydrogen-bond donors (Lipinski definition) is 3. The molecule has 0 amide bonds. The van der Waals surface area contributed by atoms with E-state index in [1.54, 1.807) is 6.07 Å². The van der Waals surface area contributed by atoms with Crippen molar-refractivity contribution in [3.63, 3.8) is 0 Å². The first kappa shape index (κ1) is 13.2. The highest BCUT2D eigenvalue weighted by atomic mass is 35.5. The summed E-state index contributed by atoms with van der Waals surface area (Å²) < 4.78 is 0. The van der Waals surface area contributed by atoms with Gasteiger partial charge < -0.3 is 16.3 Å². The molecule has 2 atom stereocenters. The maximum atomic E-state index is 8.60. The third-order valence-corrected chi connectivity index (χ3v) is 3.81. The lowest BCUT2D eigenvalue weighted by molar-refractivity contribution is 0.318. The first-order valence-electron chi connectivity index (χ1n) is 6.15. The summed E-state index contributed by atoms with van der Waals surface area (Å²) in [6.45, 7) is 2.97. The molecule has 18 heavy (non-hydrogen) atoms. The van der Waals surface area contributed by atoms with E-state index in [4.69, 9.17) is 22.5 Å². The Bertz CT molecular complexity index is 462. The molecule has 1 aromatic carbocycles. The normalized spacial score (nSPS) is 23.1. The van der Waals surface area contributed by atoms with E-state index in [1.807, 2.05) is 12.1 Å². The number of halogens is 1. The minimum absolute atomic E-state index is 0.0737. The van der Waals surface area contributed by atoms with Gasteiger partial charge in [-0.25, -0.2) is 0 Å². The van der Waals surface area contributed by atoms with Crippen molar-refractivity contribution in [2.75, 3.05) is 0 Å². The molecule has 5 heteroatoms. The molecule has 0 spiro atoms. The van der Waals surface area contributed by atoms with Crippen molar-refractivity contribution in [2.45, 2.75) is 32.4 Å². The average molecular weight is 268 g/mol. The molecule has 1 fully saturated rings. The number of amidine groups is 1. The van der Waals surface area contributed by atoms with Gasteiger partial charge in [-0.15, -0.1) is 0 Å². The number of oxime groups is 1. The zero-order valence-electron chi connectivity index (χ0n) is 10.4.